The number of hydrazone groups is 1. The molecule has 0 amide bonds. The predicted octanol–water partition coefficient (Wildman–Crippen LogP) is 3.99. The van der Waals surface area contributed by atoms with Gasteiger partial charge < -0.3 is 14.6 Å². The molecule has 0 aliphatic rings. The standard InChI is InChI=1S/C19H19N3O4S/c1-3-25-15-8-9-16-17(10-15)27-19(20-16)22-21-12(2)13-4-6-14(7-5-13)26-11-18(23)24/h4-10H,3,11H2,1-2H3,(H,20,22)(H,23,24)/b21-12+. The third-order valence-electron chi connectivity index (χ3n) is 3.62. The summed E-state index contributed by atoms with van der Waals surface area (Å²) in [7, 11) is 0. The fraction of sp³-hybridized carbons (Fsp3) is 0.211. The number of nitrogens with zero attached hydrogens (tertiary/aromatic N) is 2. The van der Waals surface area contributed by atoms with Crippen LogP contribution in [0.2, 0.25) is 0 Å². The van der Waals surface area contributed by atoms with E-state index in [0.717, 1.165) is 27.2 Å². The Morgan fingerprint density at radius 3 is 2.63 bits per heavy atom. The van der Waals surface area contributed by atoms with Crippen molar-refractivity contribution in [3.05, 3.63) is 48.0 Å². The molecule has 140 valence electrons. The first-order chi connectivity index (χ1) is 13.0. The number of fused-ring (bicyclic) bond motifs is 1. The lowest BCUT2D eigenvalue weighted by atomic mass is 10.1. The van der Waals surface area contributed by atoms with E-state index in [0.29, 0.717) is 17.5 Å². The third-order valence-corrected chi connectivity index (χ3v) is 4.55. The largest absolute Gasteiger partial charge is 0.494 e. The Balaban J connectivity index is 1.67. The molecule has 0 saturated carbocycles. The van der Waals surface area contributed by atoms with Crippen LogP contribution in [0.3, 0.4) is 0 Å². The minimum absolute atomic E-state index is 0.364. The fourth-order valence-electron chi connectivity index (χ4n) is 2.34. The number of hydrogen-bond donors (Lipinski definition) is 2. The maximum atomic E-state index is 10.5. The maximum absolute atomic E-state index is 10.5. The van der Waals surface area contributed by atoms with E-state index in [-0.39, 0.29) is 6.61 Å². The number of hydrogen-bond acceptors (Lipinski definition) is 7. The van der Waals surface area contributed by atoms with Crippen LogP contribution < -0.4 is 14.9 Å². The van der Waals surface area contributed by atoms with Crippen molar-refractivity contribution in [2.75, 3.05) is 18.6 Å². The summed E-state index contributed by atoms with van der Waals surface area (Å²) in [5, 5.41) is 13.7. The van der Waals surface area contributed by atoms with Crippen LogP contribution in [0.15, 0.2) is 47.6 Å². The van der Waals surface area contributed by atoms with Crippen molar-refractivity contribution >= 4 is 38.4 Å². The number of aliphatic carboxylic acids is 1. The molecule has 3 aromatic rings. The van der Waals surface area contributed by atoms with E-state index in [1.54, 1.807) is 12.1 Å². The summed E-state index contributed by atoms with van der Waals surface area (Å²) in [6.07, 6.45) is 0. The lowest BCUT2D eigenvalue weighted by Gasteiger charge is -2.05. The molecule has 0 bridgehead atoms. The topological polar surface area (TPSA) is 93.0 Å². The molecule has 0 saturated heterocycles. The van der Waals surface area contributed by atoms with Crippen LogP contribution >= 0.6 is 11.3 Å². The van der Waals surface area contributed by atoms with E-state index in [4.69, 9.17) is 14.6 Å². The van der Waals surface area contributed by atoms with Gasteiger partial charge in [0.25, 0.3) is 0 Å². The molecule has 0 aliphatic carbocycles. The highest BCUT2D eigenvalue weighted by Gasteiger charge is 2.06. The summed E-state index contributed by atoms with van der Waals surface area (Å²) < 4.78 is 11.7. The van der Waals surface area contributed by atoms with Gasteiger partial charge in [0.05, 0.1) is 22.5 Å². The number of anilines is 1. The van der Waals surface area contributed by atoms with Crippen molar-refractivity contribution in [1.29, 1.82) is 0 Å². The van der Waals surface area contributed by atoms with Crippen LogP contribution in [-0.4, -0.2) is 35.0 Å². The minimum Gasteiger partial charge on any atom is -0.494 e. The number of rotatable bonds is 8. The van der Waals surface area contributed by atoms with E-state index in [1.165, 1.54) is 11.3 Å². The van der Waals surface area contributed by atoms with Gasteiger partial charge in [-0.3, -0.25) is 5.43 Å². The molecule has 27 heavy (non-hydrogen) atoms. The van der Waals surface area contributed by atoms with Gasteiger partial charge in [0.1, 0.15) is 11.5 Å². The van der Waals surface area contributed by atoms with Crippen molar-refractivity contribution < 1.29 is 19.4 Å². The summed E-state index contributed by atoms with van der Waals surface area (Å²) in [4.78, 5) is 15.0. The normalized spacial score (nSPS) is 11.4. The van der Waals surface area contributed by atoms with Crippen LogP contribution in [0.4, 0.5) is 5.13 Å². The van der Waals surface area contributed by atoms with Crippen molar-refractivity contribution in [1.82, 2.24) is 4.98 Å². The zero-order chi connectivity index (χ0) is 19.2. The number of aromatic nitrogens is 1. The predicted molar refractivity (Wildman–Crippen MR) is 106 cm³/mol. The molecule has 1 heterocycles. The molecule has 3 rings (SSSR count). The monoisotopic (exact) mass is 385 g/mol. The molecule has 0 unspecified atom stereocenters. The maximum Gasteiger partial charge on any atom is 0.341 e. The molecule has 0 aliphatic heterocycles. The molecule has 0 spiro atoms. The highest BCUT2D eigenvalue weighted by Crippen LogP contribution is 2.29. The molecule has 0 radical (unpaired) electrons. The third kappa shape index (κ3) is 4.95. The zero-order valence-corrected chi connectivity index (χ0v) is 15.7. The lowest BCUT2D eigenvalue weighted by Crippen LogP contribution is -2.09. The van der Waals surface area contributed by atoms with Crippen molar-refractivity contribution in [3.63, 3.8) is 0 Å². The Morgan fingerprint density at radius 2 is 1.93 bits per heavy atom. The first-order valence-corrected chi connectivity index (χ1v) is 9.15. The number of carboxylic acid groups (broad SMARTS) is 1. The first-order valence-electron chi connectivity index (χ1n) is 8.34. The lowest BCUT2D eigenvalue weighted by molar-refractivity contribution is -0.139. The first kappa shape index (κ1) is 18.7. The quantitative estimate of drug-likeness (QED) is 0.450. The van der Waals surface area contributed by atoms with Gasteiger partial charge >= 0.3 is 5.97 Å². The highest BCUT2D eigenvalue weighted by atomic mass is 32.1. The van der Waals surface area contributed by atoms with E-state index < -0.39 is 5.97 Å². The second-order valence-electron chi connectivity index (χ2n) is 5.60. The zero-order valence-electron chi connectivity index (χ0n) is 14.9. The van der Waals surface area contributed by atoms with Gasteiger partial charge in [-0.1, -0.05) is 11.3 Å². The number of thiazole rings is 1. The summed E-state index contributed by atoms with van der Waals surface area (Å²) in [5.41, 5.74) is 5.54. The Morgan fingerprint density at radius 1 is 1.19 bits per heavy atom. The van der Waals surface area contributed by atoms with E-state index in [9.17, 15) is 4.79 Å². The second kappa shape index (κ2) is 8.50. The molecule has 7 nitrogen and oxygen atoms in total. The van der Waals surface area contributed by atoms with Crippen LogP contribution in [0, 0.1) is 0 Å². The number of carboxylic acids is 1. The van der Waals surface area contributed by atoms with Gasteiger partial charge in [0, 0.05) is 0 Å². The molecule has 2 aromatic carbocycles. The Kier molecular flexibility index (Phi) is 5.87. The minimum atomic E-state index is -1.01. The second-order valence-corrected chi connectivity index (χ2v) is 6.63. The Bertz CT molecular complexity index is 967. The van der Waals surface area contributed by atoms with Gasteiger partial charge in [-0.15, -0.1) is 0 Å². The Hall–Kier alpha value is -3.13. The number of ether oxygens (including phenoxy) is 2. The van der Waals surface area contributed by atoms with Crippen molar-refractivity contribution in [2.24, 2.45) is 5.10 Å². The SMILES string of the molecule is CCOc1ccc2nc(N/N=C(\C)c3ccc(OCC(=O)O)cc3)sc2c1. The average Bonchev–Trinajstić information content (AvgIpc) is 3.07. The molecular weight excluding hydrogens is 366 g/mol. The molecular formula is C19H19N3O4S. The fourth-order valence-corrected chi connectivity index (χ4v) is 3.18. The van der Waals surface area contributed by atoms with E-state index in [2.05, 4.69) is 15.5 Å². The van der Waals surface area contributed by atoms with Crippen LogP contribution in [0.25, 0.3) is 10.2 Å². The van der Waals surface area contributed by atoms with E-state index >= 15 is 0 Å². The molecule has 0 fully saturated rings. The summed E-state index contributed by atoms with van der Waals surface area (Å²) in [6, 6.07) is 12.9. The van der Waals surface area contributed by atoms with Crippen LogP contribution in [0.1, 0.15) is 19.4 Å². The Labute approximate surface area is 160 Å². The number of carbonyl (C=O) groups is 1. The smallest absolute Gasteiger partial charge is 0.341 e. The van der Waals surface area contributed by atoms with Crippen molar-refractivity contribution in [2.45, 2.75) is 13.8 Å². The van der Waals surface area contributed by atoms with E-state index in [1.807, 2.05) is 44.2 Å². The average molecular weight is 385 g/mol. The molecule has 2 N–H and O–H groups in total. The number of nitrogens with one attached hydrogen (secondary N) is 1. The summed E-state index contributed by atoms with van der Waals surface area (Å²) in [5.74, 6) is 0.313. The van der Waals surface area contributed by atoms with Gasteiger partial charge in [-0.05, 0) is 61.9 Å². The molecule has 1 aromatic heterocycles. The highest BCUT2D eigenvalue weighted by molar-refractivity contribution is 7.22. The summed E-state index contributed by atoms with van der Waals surface area (Å²) in [6.45, 7) is 4.09. The van der Waals surface area contributed by atoms with Crippen molar-refractivity contribution in [3.8, 4) is 11.5 Å². The van der Waals surface area contributed by atoms with Gasteiger partial charge in [-0.2, -0.15) is 5.10 Å². The molecule has 8 heteroatoms. The van der Waals surface area contributed by atoms with Crippen LogP contribution in [0.5, 0.6) is 11.5 Å². The van der Waals surface area contributed by atoms with Gasteiger partial charge in [0.2, 0.25) is 5.13 Å². The van der Waals surface area contributed by atoms with Crippen LogP contribution in [-0.2, 0) is 4.79 Å². The van der Waals surface area contributed by atoms with Gasteiger partial charge in [-0.25, -0.2) is 9.78 Å². The number of benzene rings is 2. The van der Waals surface area contributed by atoms with Gasteiger partial charge in [0.15, 0.2) is 6.61 Å². The molecule has 0 atom stereocenters. The summed E-state index contributed by atoms with van der Waals surface area (Å²) >= 11 is 1.50.